The van der Waals surface area contributed by atoms with Gasteiger partial charge in [-0.15, -0.1) is 0 Å². The molecule has 0 aliphatic heterocycles. The van der Waals surface area contributed by atoms with Gasteiger partial charge >= 0.3 is 6.18 Å². The van der Waals surface area contributed by atoms with Crippen LogP contribution >= 0.6 is 11.8 Å². The molecule has 0 N–H and O–H groups in total. The van der Waals surface area contributed by atoms with Crippen molar-refractivity contribution in [2.24, 2.45) is 0 Å². The van der Waals surface area contributed by atoms with Crippen molar-refractivity contribution in [3.05, 3.63) is 83.9 Å². The van der Waals surface area contributed by atoms with Crippen molar-refractivity contribution in [2.45, 2.75) is 22.9 Å². The highest BCUT2D eigenvalue weighted by Crippen LogP contribution is 2.54. The molecular formula is C26H21F3O2S. The molecule has 0 fully saturated rings. The van der Waals surface area contributed by atoms with Gasteiger partial charge in [-0.1, -0.05) is 72.4 Å². The Hall–Kier alpha value is -3.12. The molecule has 32 heavy (non-hydrogen) atoms. The van der Waals surface area contributed by atoms with Crippen molar-refractivity contribution in [2.75, 3.05) is 14.2 Å². The van der Waals surface area contributed by atoms with Crippen molar-refractivity contribution in [1.82, 2.24) is 0 Å². The van der Waals surface area contributed by atoms with Gasteiger partial charge in [-0.25, -0.2) is 0 Å². The van der Waals surface area contributed by atoms with Gasteiger partial charge in [0.1, 0.15) is 11.5 Å². The molecule has 0 amide bonds. The van der Waals surface area contributed by atoms with Crippen molar-refractivity contribution in [1.29, 1.82) is 0 Å². The van der Waals surface area contributed by atoms with Crippen LogP contribution in [0.15, 0.2) is 82.6 Å². The predicted octanol–water partition coefficient (Wildman–Crippen LogP) is 8.00. The second-order valence-corrected chi connectivity index (χ2v) is 8.28. The van der Waals surface area contributed by atoms with Gasteiger partial charge < -0.3 is 9.47 Å². The van der Waals surface area contributed by atoms with Crippen LogP contribution in [-0.2, 0) is 6.18 Å². The topological polar surface area (TPSA) is 18.5 Å². The minimum absolute atomic E-state index is 0.0528. The lowest BCUT2D eigenvalue weighted by Gasteiger charge is -2.23. The van der Waals surface area contributed by atoms with Gasteiger partial charge in [0.05, 0.1) is 24.7 Å². The average Bonchev–Trinajstić information content (AvgIpc) is 2.79. The fourth-order valence-corrected chi connectivity index (χ4v) is 5.02. The van der Waals surface area contributed by atoms with Crippen molar-refractivity contribution in [3.63, 3.8) is 0 Å². The monoisotopic (exact) mass is 454 g/mol. The zero-order chi connectivity index (χ0) is 22.9. The summed E-state index contributed by atoms with van der Waals surface area (Å²) in [6.07, 6.45) is -4.52. The Labute approximate surface area is 189 Å². The summed E-state index contributed by atoms with van der Waals surface area (Å²) in [5, 5.41) is 1.46. The number of halogens is 3. The molecule has 164 valence electrons. The summed E-state index contributed by atoms with van der Waals surface area (Å²) < 4.78 is 53.6. The SMILES string of the molecule is COc1c(Sc2ccccc2C)c(-c2ccccc2C(F)(F)F)c(OC)c2ccccc12. The van der Waals surface area contributed by atoms with Crippen LogP contribution < -0.4 is 9.47 Å². The summed E-state index contributed by atoms with van der Waals surface area (Å²) in [6, 6.07) is 20.7. The van der Waals surface area contributed by atoms with Gasteiger partial charge in [-0.2, -0.15) is 13.2 Å². The zero-order valence-corrected chi connectivity index (χ0v) is 18.6. The van der Waals surface area contributed by atoms with E-state index in [1.807, 2.05) is 55.5 Å². The Morgan fingerprint density at radius 3 is 1.91 bits per heavy atom. The summed E-state index contributed by atoms with van der Waals surface area (Å²) in [7, 11) is 3.02. The lowest BCUT2D eigenvalue weighted by atomic mass is 9.94. The summed E-state index contributed by atoms with van der Waals surface area (Å²) in [5.41, 5.74) is 0.713. The fourth-order valence-electron chi connectivity index (χ4n) is 3.84. The third kappa shape index (κ3) is 3.91. The van der Waals surface area contributed by atoms with Crippen LogP contribution in [0.5, 0.6) is 11.5 Å². The minimum Gasteiger partial charge on any atom is -0.495 e. The lowest BCUT2D eigenvalue weighted by molar-refractivity contribution is -0.137. The Morgan fingerprint density at radius 1 is 0.719 bits per heavy atom. The number of hydrogen-bond donors (Lipinski definition) is 0. The van der Waals surface area contributed by atoms with E-state index in [4.69, 9.17) is 9.47 Å². The summed E-state index contributed by atoms with van der Waals surface area (Å²) >= 11 is 1.38. The first-order valence-electron chi connectivity index (χ1n) is 9.93. The Balaban J connectivity index is 2.15. The molecule has 0 saturated heterocycles. The molecule has 0 spiro atoms. The Morgan fingerprint density at radius 2 is 1.28 bits per heavy atom. The fraction of sp³-hybridized carbons (Fsp3) is 0.154. The van der Waals surface area contributed by atoms with Gasteiger partial charge in [-0.05, 0) is 30.2 Å². The maximum absolute atomic E-state index is 14.0. The van der Waals surface area contributed by atoms with E-state index < -0.39 is 11.7 Å². The molecular weight excluding hydrogens is 433 g/mol. The normalized spacial score (nSPS) is 11.6. The van der Waals surface area contributed by atoms with Gasteiger partial charge in [-0.3, -0.25) is 0 Å². The molecule has 4 aromatic rings. The third-order valence-corrected chi connectivity index (χ3v) is 6.56. The molecule has 0 saturated carbocycles. The van der Waals surface area contributed by atoms with Gasteiger partial charge in [0.2, 0.25) is 0 Å². The molecule has 6 heteroatoms. The Bertz CT molecular complexity index is 1280. The largest absolute Gasteiger partial charge is 0.495 e. The molecule has 2 nitrogen and oxygen atoms in total. The highest BCUT2D eigenvalue weighted by atomic mass is 32.2. The number of aryl methyl sites for hydroxylation is 1. The van der Waals surface area contributed by atoms with Crippen LogP contribution in [0.2, 0.25) is 0 Å². The number of rotatable bonds is 5. The predicted molar refractivity (Wildman–Crippen MR) is 123 cm³/mol. The highest BCUT2D eigenvalue weighted by molar-refractivity contribution is 7.99. The van der Waals surface area contributed by atoms with E-state index in [1.165, 1.54) is 38.1 Å². The molecule has 0 heterocycles. The number of benzene rings is 4. The highest BCUT2D eigenvalue weighted by Gasteiger charge is 2.36. The number of hydrogen-bond acceptors (Lipinski definition) is 3. The van der Waals surface area contributed by atoms with Crippen molar-refractivity contribution >= 4 is 22.5 Å². The first-order valence-corrected chi connectivity index (χ1v) is 10.7. The van der Waals surface area contributed by atoms with E-state index in [1.54, 1.807) is 6.07 Å². The molecule has 0 aliphatic rings. The maximum Gasteiger partial charge on any atom is 0.417 e. The summed E-state index contributed by atoms with van der Waals surface area (Å²) in [5.74, 6) is 0.899. The molecule has 4 rings (SSSR count). The second kappa shape index (κ2) is 8.79. The van der Waals surface area contributed by atoms with Gasteiger partial charge in [0.15, 0.2) is 0 Å². The van der Waals surface area contributed by atoms with E-state index in [0.717, 1.165) is 21.9 Å². The standard InChI is InChI=1S/C26H21F3O2S/c1-16-10-4-9-15-21(16)32-25-22(19-13-7-8-14-20(19)26(27,28)29)23(30-2)17-11-5-6-12-18(17)24(25)31-3/h4-15H,1-3H3. The van der Waals surface area contributed by atoms with Crippen LogP contribution in [-0.4, -0.2) is 14.2 Å². The second-order valence-electron chi connectivity index (χ2n) is 7.23. The molecule has 0 aromatic heterocycles. The van der Waals surface area contributed by atoms with Crippen LogP contribution in [0.4, 0.5) is 13.2 Å². The molecule has 0 aliphatic carbocycles. The smallest absolute Gasteiger partial charge is 0.417 e. The molecule has 0 unspecified atom stereocenters. The number of ether oxygens (including phenoxy) is 2. The van der Waals surface area contributed by atoms with E-state index >= 15 is 0 Å². The Kier molecular flexibility index (Phi) is 6.07. The van der Waals surface area contributed by atoms with Gasteiger partial charge in [0.25, 0.3) is 0 Å². The average molecular weight is 455 g/mol. The lowest BCUT2D eigenvalue weighted by Crippen LogP contribution is -2.08. The van der Waals surface area contributed by atoms with Crippen LogP contribution in [0.3, 0.4) is 0 Å². The van der Waals surface area contributed by atoms with E-state index in [0.29, 0.717) is 27.3 Å². The van der Waals surface area contributed by atoms with Crippen LogP contribution in [0.1, 0.15) is 11.1 Å². The summed E-state index contributed by atoms with van der Waals surface area (Å²) in [4.78, 5) is 1.50. The van der Waals surface area contributed by atoms with Crippen molar-refractivity contribution < 1.29 is 22.6 Å². The molecule has 0 bridgehead atoms. The number of methoxy groups -OCH3 is 2. The van der Waals surface area contributed by atoms with Gasteiger partial charge in [0, 0.05) is 21.2 Å². The number of fused-ring (bicyclic) bond motifs is 1. The maximum atomic E-state index is 14.0. The zero-order valence-electron chi connectivity index (χ0n) is 17.8. The first kappa shape index (κ1) is 22.1. The minimum atomic E-state index is -4.52. The molecule has 4 aromatic carbocycles. The summed E-state index contributed by atoms with van der Waals surface area (Å²) in [6.45, 7) is 1.97. The first-order chi connectivity index (χ1) is 15.4. The molecule has 0 atom stereocenters. The molecule has 0 radical (unpaired) electrons. The van der Waals surface area contributed by atoms with E-state index in [-0.39, 0.29) is 5.56 Å². The number of alkyl halides is 3. The third-order valence-electron chi connectivity index (χ3n) is 5.29. The van der Waals surface area contributed by atoms with E-state index in [2.05, 4.69) is 0 Å². The van der Waals surface area contributed by atoms with Crippen molar-refractivity contribution in [3.8, 4) is 22.6 Å². The quantitative estimate of drug-likeness (QED) is 0.304. The van der Waals surface area contributed by atoms with Crippen LogP contribution in [0.25, 0.3) is 21.9 Å². The van der Waals surface area contributed by atoms with E-state index in [9.17, 15) is 13.2 Å². The van der Waals surface area contributed by atoms with Crippen LogP contribution in [0, 0.1) is 6.92 Å².